The van der Waals surface area contributed by atoms with Crippen molar-refractivity contribution in [3.05, 3.63) is 60.7 Å². The molecule has 0 saturated carbocycles. The lowest BCUT2D eigenvalue weighted by Crippen LogP contribution is -1.79. The molecule has 122 valence electrons. The van der Waals surface area contributed by atoms with Crippen LogP contribution in [-0.2, 0) is 0 Å². The first kappa shape index (κ1) is 13.9. The van der Waals surface area contributed by atoms with Crippen LogP contribution in [0.4, 0.5) is 8.78 Å². The molecule has 0 aliphatic rings. The number of hydrogen-bond acceptors (Lipinski definition) is 3. The molecule has 0 fully saturated rings. The van der Waals surface area contributed by atoms with Gasteiger partial charge < -0.3 is 14.4 Å². The Morgan fingerprint density at radius 1 is 0.680 bits per heavy atom. The van der Waals surface area contributed by atoms with E-state index in [1.807, 2.05) is 12.1 Å². The van der Waals surface area contributed by atoms with Crippen LogP contribution in [0.15, 0.2) is 52.9 Å². The predicted molar refractivity (Wildman–Crippen MR) is 88.8 cm³/mol. The van der Waals surface area contributed by atoms with Crippen molar-refractivity contribution in [1.82, 2.24) is 19.9 Å². The van der Waals surface area contributed by atoms with Crippen molar-refractivity contribution in [2.24, 2.45) is 0 Å². The van der Waals surface area contributed by atoms with E-state index in [0.717, 1.165) is 0 Å². The quantitative estimate of drug-likeness (QED) is 0.493. The van der Waals surface area contributed by atoms with Gasteiger partial charge in [-0.25, -0.2) is 9.97 Å². The third-order valence-electron chi connectivity index (χ3n) is 4.12. The molecule has 0 aliphatic carbocycles. The normalized spacial score (nSPS) is 11.6. The van der Waals surface area contributed by atoms with Gasteiger partial charge in [-0.3, -0.25) is 0 Å². The lowest BCUT2D eigenvalue weighted by atomic mass is 10.1. The van der Waals surface area contributed by atoms with Crippen molar-refractivity contribution >= 4 is 22.1 Å². The molecule has 0 spiro atoms. The van der Waals surface area contributed by atoms with E-state index < -0.39 is 12.2 Å². The van der Waals surface area contributed by atoms with Crippen LogP contribution in [0.1, 0.15) is 0 Å². The Balaban J connectivity index is 1.68. The third kappa shape index (κ3) is 2.13. The highest BCUT2D eigenvalue weighted by Crippen LogP contribution is 2.34. The average molecular weight is 336 g/mol. The summed E-state index contributed by atoms with van der Waals surface area (Å²) < 4.78 is 32.8. The van der Waals surface area contributed by atoms with Crippen LogP contribution in [0.3, 0.4) is 0 Å². The highest BCUT2D eigenvalue weighted by atomic mass is 19.1. The fourth-order valence-corrected chi connectivity index (χ4v) is 3.04. The summed E-state index contributed by atoms with van der Waals surface area (Å²) in [5, 5.41) is 0. The molecule has 5 aromatic rings. The predicted octanol–water partition coefficient (Wildman–Crippen LogP) is 4.64. The zero-order valence-electron chi connectivity index (χ0n) is 12.7. The number of imidazole rings is 2. The number of para-hydroxylation sites is 2. The van der Waals surface area contributed by atoms with E-state index in [4.69, 9.17) is 4.42 Å². The van der Waals surface area contributed by atoms with Crippen LogP contribution >= 0.6 is 0 Å². The van der Waals surface area contributed by atoms with E-state index in [9.17, 15) is 8.78 Å². The smallest absolute Gasteiger partial charge is 0.287 e. The molecule has 3 aromatic heterocycles. The van der Waals surface area contributed by atoms with Crippen molar-refractivity contribution in [3.8, 4) is 22.6 Å². The number of nitrogens with one attached hydrogen (secondary N) is 2. The van der Waals surface area contributed by atoms with Crippen LogP contribution in [0, 0.1) is 12.2 Å². The Morgan fingerprint density at radius 3 is 1.64 bits per heavy atom. The lowest BCUT2D eigenvalue weighted by Gasteiger charge is -2.01. The van der Waals surface area contributed by atoms with E-state index in [0.29, 0.717) is 44.7 Å². The van der Waals surface area contributed by atoms with Gasteiger partial charge in [-0.05, 0) is 36.4 Å². The van der Waals surface area contributed by atoms with Crippen molar-refractivity contribution in [2.45, 2.75) is 0 Å². The Bertz CT molecular complexity index is 1140. The number of rotatable bonds is 2. The molecule has 5 rings (SSSR count). The second-order valence-corrected chi connectivity index (χ2v) is 5.62. The van der Waals surface area contributed by atoms with E-state index in [1.165, 1.54) is 0 Å². The minimum Gasteiger partial charge on any atom is -0.456 e. The first-order valence-electron chi connectivity index (χ1n) is 7.58. The molecular formula is C18H10F2N4O. The molecule has 0 bridgehead atoms. The highest BCUT2D eigenvalue weighted by molar-refractivity contribution is 5.93. The van der Waals surface area contributed by atoms with Gasteiger partial charge >= 0.3 is 0 Å². The van der Waals surface area contributed by atoms with Crippen molar-refractivity contribution < 1.29 is 13.2 Å². The van der Waals surface area contributed by atoms with Crippen LogP contribution < -0.4 is 0 Å². The zero-order chi connectivity index (χ0) is 17.0. The van der Waals surface area contributed by atoms with E-state index in [2.05, 4.69) is 19.9 Å². The number of nitrogens with zero attached hydrogens (tertiary/aromatic N) is 2. The summed E-state index contributed by atoms with van der Waals surface area (Å²) in [7, 11) is 0. The van der Waals surface area contributed by atoms with E-state index in [1.54, 1.807) is 36.4 Å². The average Bonchev–Trinajstić information content (AvgIpc) is 3.29. The van der Waals surface area contributed by atoms with Crippen LogP contribution in [-0.4, -0.2) is 19.9 Å². The number of fused-ring (bicyclic) bond motifs is 2. The minimum absolute atomic E-state index is 0.519. The molecule has 2 N–H and O–H groups in total. The van der Waals surface area contributed by atoms with Crippen LogP contribution in [0.25, 0.3) is 44.7 Å². The summed E-state index contributed by atoms with van der Waals surface area (Å²) in [4.78, 5) is 12.8. The highest BCUT2D eigenvalue weighted by Gasteiger charge is 2.15. The topological polar surface area (TPSA) is 70.5 Å². The second-order valence-electron chi connectivity index (χ2n) is 5.62. The summed E-state index contributed by atoms with van der Waals surface area (Å²) in [5.41, 5.74) is 3.56. The van der Waals surface area contributed by atoms with E-state index in [-0.39, 0.29) is 0 Å². The van der Waals surface area contributed by atoms with Gasteiger partial charge in [-0.15, -0.1) is 0 Å². The standard InChI is InChI=1S/C18H10F2N4O/c19-17-21-11-5-1-3-9(15(11)23-17)13-7-8-14(25-13)10-4-2-6-12-16(10)24-18(20)22-12/h1-8H,(H,21,23)(H,22,24). The van der Waals surface area contributed by atoms with Crippen LogP contribution in [0.2, 0.25) is 0 Å². The van der Waals surface area contributed by atoms with Crippen LogP contribution in [0.5, 0.6) is 0 Å². The van der Waals surface area contributed by atoms with Gasteiger partial charge in [0.15, 0.2) is 0 Å². The molecular weight excluding hydrogens is 326 g/mol. The maximum absolute atomic E-state index is 13.4. The van der Waals surface area contributed by atoms with Crippen molar-refractivity contribution in [2.75, 3.05) is 0 Å². The molecule has 7 heteroatoms. The summed E-state index contributed by atoms with van der Waals surface area (Å²) in [6, 6.07) is 14.2. The van der Waals surface area contributed by atoms with Gasteiger partial charge in [-0.2, -0.15) is 8.78 Å². The molecule has 3 heterocycles. The van der Waals surface area contributed by atoms with Gasteiger partial charge in [0.2, 0.25) is 0 Å². The monoisotopic (exact) mass is 336 g/mol. The van der Waals surface area contributed by atoms with Crippen molar-refractivity contribution in [3.63, 3.8) is 0 Å². The SMILES string of the molecule is Fc1nc2cccc(-c3ccc(-c4cccc5nc(F)[nH]c45)o3)c2[nH]1. The fourth-order valence-electron chi connectivity index (χ4n) is 3.04. The second kappa shape index (κ2) is 5.01. The van der Waals surface area contributed by atoms with Gasteiger partial charge in [0.1, 0.15) is 11.5 Å². The molecule has 5 nitrogen and oxygen atoms in total. The molecule has 0 atom stereocenters. The largest absolute Gasteiger partial charge is 0.456 e. The first-order chi connectivity index (χ1) is 12.2. The Morgan fingerprint density at radius 2 is 1.16 bits per heavy atom. The third-order valence-corrected chi connectivity index (χ3v) is 4.12. The number of aromatic amines is 2. The maximum Gasteiger partial charge on any atom is 0.287 e. The summed E-state index contributed by atoms with van der Waals surface area (Å²) in [6.07, 6.45) is -1.29. The van der Waals surface area contributed by atoms with Crippen molar-refractivity contribution in [1.29, 1.82) is 0 Å². The molecule has 25 heavy (non-hydrogen) atoms. The summed E-state index contributed by atoms with van der Waals surface area (Å²) >= 11 is 0. The Kier molecular flexibility index (Phi) is 2.79. The molecule has 0 saturated heterocycles. The van der Waals surface area contributed by atoms with Gasteiger partial charge in [0, 0.05) is 11.1 Å². The molecule has 0 radical (unpaired) electrons. The molecule has 0 unspecified atom stereocenters. The minimum atomic E-state index is -0.646. The first-order valence-corrected chi connectivity index (χ1v) is 7.58. The zero-order valence-corrected chi connectivity index (χ0v) is 12.7. The molecule has 0 aliphatic heterocycles. The number of H-pyrrole nitrogens is 2. The van der Waals surface area contributed by atoms with Gasteiger partial charge in [0.05, 0.1) is 22.1 Å². The van der Waals surface area contributed by atoms with E-state index >= 15 is 0 Å². The summed E-state index contributed by atoms with van der Waals surface area (Å²) in [6.45, 7) is 0. The fraction of sp³-hybridized carbons (Fsp3) is 0. The Hall–Kier alpha value is -3.48. The maximum atomic E-state index is 13.4. The number of benzene rings is 2. The molecule has 2 aromatic carbocycles. The number of hydrogen-bond donors (Lipinski definition) is 2. The number of halogens is 2. The Labute approximate surface area is 139 Å². The molecule has 0 amide bonds. The lowest BCUT2D eigenvalue weighted by molar-refractivity contribution is 0.556. The van der Waals surface area contributed by atoms with Gasteiger partial charge in [-0.1, -0.05) is 12.1 Å². The van der Waals surface area contributed by atoms with Gasteiger partial charge in [0.25, 0.3) is 12.2 Å². The summed E-state index contributed by atoms with van der Waals surface area (Å²) in [5.74, 6) is 1.11. The number of furan rings is 1. The number of aromatic nitrogens is 4.